The van der Waals surface area contributed by atoms with Crippen molar-refractivity contribution in [3.8, 4) is 0 Å². The predicted molar refractivity (Wildman–Crippen MR) is 82.7 cm³/mol. The summed E-state index contributed by atoms with van der Waals surface area (Å²) in [6.07, 6.45) is 8.28. The van der Waals surface area contributed by atoms with Gasteiger partial charge < -0.3 is 5.32 Å². The lowest BCUT2D eigenvalue weighted by atomic mass is 10.1. The number of imide groups is 1. The first-order chi connectivity index (χ1) is 9.53. The molecule has 1 aliphatic heterocycles. The highest BCUT2D eigenvalue weighted by Crippen LogP contribution is 2.39. The Bertz CT molecular complexity index is 380. The molecule has 0 bridgehead atoms. The van der Waals surface area contributed by atoms with Crippen molar-refractivity contribution in [1.82, 2.24) is 10.2 Å². The highest BCUT2D eigenvalue weighted by Gasteiger charge is 2.42. The lowest BCUT2D eigenvalue weighted by Crippen LogP contribution is -2.46. The minimum absolute atomic E-state index is 0.0165. The molecule has 0 radical (unpaired) electrons. The van der Waals surface area contributed by atoms with Gasteiger partial charge in [-0.15, -0.1) is 0 Å². The number of thioether (sulfide) groups is 1. The summed E-state index contributed by atoms with van der Waals surface area (Å²) in [5.41, 5.74) is 0. The van der Waals surface area contributed by atoms with E-state index in [2.05, 4.69) is 11.6 Å². The Hall–Kier alpha value is -0.550. The third kappa shape index (κ3) is 3.03. The van der Waals surface area contributed by atoms with Gasteiger partial charge >= 0.3 is 0 Å². The molecule has 0 spiro atoms. The smallest absolute Gasteiger partial charge is 0.247 e. The Kier molecular flexibility index (Phi) is 5.13. The van der Waals surface area contributed by atoms with Gasteiger partial charge in [0.15, 0.2) is 0 Å². The molecule has 0 aromatic rings. The molecule has 5 heteroatoms. The van der Waals surface area contributed by atoms with Gasteiger partial charge in [0.1, 0.15) is 0 Å². The van der Waals surface area contributed by atoms with Crippen molar-refractivity contribution in [3.05, 3.63) is 0 Å². The molecule has 0 aromatic carbocycles. The lowest BCUT2D eigenvalue weighted by Gasteiger charge is -2.28. The summed E-state index contributed by atoms with van der Waals surface area (Å²) < 4.78 is 0.271. The van der Waals surface area contributed by atoms with Crippen LogP contribution in [0.5, 0.6) is 0 Å². The van der Waals surface area contributed by atoms with Crippen LogP contribution in [0.15, 0.2) is 0 Å². The normalized spacial score (nSPS) is 27.4. The molecule has 2 aliphatic rings. The summed E-state index contributed by atoms with van der Waals surface area (Å²) in [5, 5.41) is 3.37. The van der Waals surface area contributed by atoms with Crippen LogP contribution in [0.25, 0.3) is 0 Å². The van der Waals surface area contributed by atoms with E-state index in [4.69, 9.17) is 0 Å². The van der Waals surface area contributed by atoms with Crippen molar-refractivity contribution in [3.63, 3.8) is 0 Å². The average molecular weight is 298 g/mol. The van der Waals surface area contributed by atoms with Crippen molar-refractivity contribution in [2.75, 3.05) is 12.8 Å². The van der Waals surface area contributed by atoms with Crippen molar-refractivity contribution >= 4 is 23.6 Å². The van der Waals surface area contributed by atoms with Crippen LogP contribution < -0.4 is 5.32 Å². The highest BCUT2D eigenvalue weighted by molar-refractivity contribution is 8.00. The Morgan fingerprint density at radius 3 is 2.60 bits per heavy atom. The number of nitrogens with one attached hydrogen (secondary N) is 1. The molecule has 1 saturated heterocycles. The topological polar surface area (TPSA) is 49.4 Å². The van der Waals surface area contributed by atoms with Crippen LogP contribution >= 0.6 is 11.8 Å². The fourth-order valence-electron chi connectivity index (χ4n) is 3.24. The van der Waals surface area contributed by atoms with Crippen LogP contribution in [0.2, 0.25) is 0 Å². The maximum absolute atomic E-state index is 12.3. The monoisotopic (exact) mass is 298 g/mol. The Morgan fingerprint density at radius 1 is 1.40 bits per heavy atom. The van der Waals surface area contributed by atoms with Crippen LogP contribution in [0, 0.1) is 0 Å². The van der Waals surface area contributed by atoms with E-state index in [-0.39, 0.29) is 28.6 Å². The Balaban J connectivity index is 1.94. The first-order valence-electron chi connectivity index (χ1n) is 7.67. The van der Waals surface area contributed by atoms with E-state index in [0.29, 0.717) is 6.42 Å². The van der Waals surface area contributed by atoms with Crippen LogP contribution in [0.1, 0.15) is 52.4 Å². The maximum atomic E-state index is 12.3. The molecule has 1 saturated carbocycles. The molecule has 2 unspecified atom stereocenters. The molecule has 2 atom stereocenters. The second-order valence-corrected chi connectivity index (χ2v) is 7.37. The maximum Gasteiger partial charge on any atom is 0.247 e. The molecule has 1 N–H and O–H groups in total. The third-order valence-electron chi connectivity index (χ3n) is 4.83. The van der Waals surface area contributed by atoms with E-state index >= 15 is 0 Å². The number of likely N-dealkylation sites (tertiary alicyclic amines) is 1. The fraction of sp³-hybridized carbons (Fsp3) is 0.867. The second kappa shape index (κ2) is 6.48. The van der Waals surface area contributed by atoms with Crippen molar-refractivity contribution in [2.24, 2.45) is 0 Å². The van der Waals surface area contributed by atoms with Crippen molar-refractivity contribution < 1.29 is 9.59 Å². The summed E-state index contributed by atoms with van der Waals surface area (Å²) in [6.45, 7) is 4.79. The summed E-state index contributed by atoms with van der Waals surface area (Å²) >= 11 is 1.90. The summed E-state index contributed by atoms with van der Waals surface area (Å²) in [6, 6.07) is -0.288. The van der Waals surface area contributed by atoms with E-state index in [1.54, 1.807) is 0 Å². The van der Waals surface area contributed by atoms with Crippen molar-refractivity contribution in [2.45, 2.75) is 69.2 Å². The molecule has 4 nitrogen and oxygen atoms in total. The van der Waals surface area contributed by atoms with Gasteiger partial charge in [0.25, 0.3) is 0 Å². The Labute approximate surface area is 126 Å². The van der Waals surface area contributed by atoms with Crippen LogP contribution in [0.4, 0.5) is 0 Å². The van der Waals surface area contributed by atoms with Gasteiger partial charge in [-0.1, -0.05) is 19.8 Å². The first-order valence-corrected chi connectivity index (χ1v) is 8.90. The molecular weight excluding hydrogens is 272 g/mol. The predicted octanol–water partition coefficient (Wildman–Crippen LogP) is 2.18. The highest BCUT2D eigenvalue weighted by atomic mass is 32.2. The molecule has 1 aliphatic carbocycles. The number of carbonyl (C=O) groups is 2. The standard InChI is InChI=1S/C15H26N2O2S/c1-4-11(2)17-13(18)9-12(14(17)19)16-10-15(20-3)7-5-6-8-15/h11-12,16H,4-10H2,1-3H3. The number of rotatable bonds is 6. The zero-order valence-corrected chi connectivity index (χ0v) is 13.6. The van der Waals surface area contributed by atoms with Crippen LogP contribution in [0.3, 0.4) is 0 Å². The van der Waals surface area contributed by atoms with Crippen molar-refractivity contribution in [1.29, 1.82) is 0 Å². The summed E-state index contributed by atoms with van der Waals surface area (Å²) in [7, 11) is 0. The Morgan fingerprint density at radius 2 is 2.05 bits per heavy atom. The third-order valence-corrected chi connectivity index (χ3v) is 6.25. The van der Waals surface area contributed by atoms with Gasteiger partial charge in [-0.2, -0.15) is 11.8 Å². The lowest BCUT2D eigenvalue weighted by molar-refractivity contribution is -0.141. The second-order valence-electron chi connectivity index (χ2n) is 6.09. The van der Waals surface area contributed by atoms with E-state index in [9.17, 15) is 9.59 Å². The molecule has 2 fully saturated rings. The molecule has 1 heterocycles. The average Bonchev–Trinajstić information content (AvgIpc) is 3.02. The number of amides is 2. The van der Waals surface area contributed by atoms with Crippen LogP contribution in [-0.2, 0) is 9.59 Å². The van der Waals surface area contributed by atoms with E-state index in [0.717, 1.165) is 13.0 Å². The van der Waals surface area contributed by atoms with Gasteiger partial charge in [-0.05, 0) is 32.4 Å². The molecular formula is C15H26N2O2S. The largest absolute Gasteiger partial charge is 0.304 e. The molecule has 20 heavy (non-hydrogen) atoms. The zero-order chi connectivity index (χ0) is 14.8. The number of nitrogens with zero attached hydrogens (tertiary/aromatic N) is 1. The zero-order valence-electron chi connectivity index (χ0n) is 12.8. The number of carbonyl (C=O) groups excluding carboxylic acids is 2. The van der Waals surface area contributed by atoms with E-state index < -0.39 is 0 Å². The minimum Gasteiger partial charge on any atom is -0.304 e. The molecule has 114 valence electrons. The van der Waals surface area contributed by atoms with Crippen LogP contribution in [-0.4, -0.2) is 46.3 Å². The quantitative estimate of drug-likeness (QED) is 0.764. The van der Waals surface area contributed by atoms with E-state index in [1.165, 1.54) is 30.6 Å². The minimum atomic E-state index is -0.305. The van der Waals surface area contributed by atoms with Gasteiger partial charge in [-0.25, -0.2) is 0 Å². The summed E-state index contributed by atoms with van der Waals surface area (Å²) in [4.78, 5) is 25.8. The van der Waals surface area contributed by atoms with Gasteiger partial charge in [-0.3, -0.25) is 14.5 Å². The molecule has 2 amide bonds. The molecule has 0 aromatic heterocycles. The SMILES string of the molecule is CCC(C)N1C(=O)CC(NCC2(SC)CCCC2)C1=O. The number of hydrogen-bond donors (Lipinski definition) is 1. The van der Waals surface area contributed by atoms with Gasteiger partial charge in [0.2, 0.25) is 11.8 Å². The number of hydrogen-bond acceptors (Lipinski definition) is 4. The van der Waals surface area contributed by atoms with Gasteiger partial charge in [0.05, 0.1) is 12.5 Å². The summed E-state index contributed by atoms with van der Waals surface area (Å²) in [5.74, 6) is -0.0509. The molecule has 2 rings (SSSR count). The van der Waals surface area contributed by atoms with E-state index in [1.807, 2.05) is 25.6 Å². The van der Waals surface area contributed by atoms with Gasteiger partial charge in [0, 0.05) is 17.3 Å². The first kappa shape index (κ1) is 15.8. The fourth-order valence-corrected chi connectivity index (χ4v) is 4.16.